The number of rotatable bonds is 6. The van der Waals surface area contributed by atoms with Crippen molar-refractivity contribution in [2.24, 2.45) is 0 Å². The van der Waals surface area contributed by atoms with E-state index in [9.17, 15) is 23.5 Å². The molecule has 0 aliphatic carbocycles. The molecule has 0 saturated heterocycles. The summed E-state index contributed by atoms with van der Waals surface area (Å²) >= 11 is 6.17. The monoisotopic (exact) mass is 527 g/mol. The molecule has 3 heterocycles. The molecule has 1 aromatic carbocycles. The Morgan fingerprint density at radius 1 is 1.08 bits per heavy atom. The van der Waals surface area contributed by atoms with Crippen molar-refractivity contribution >= 4 is 11.6 Å². The maximum absolute atomic E-state index is 13.9. The predicted molar refractivity (Wildman–Crippen MR) is 136 cm³/mol. The zero-order chi connectivity index (χ0) is 27.1. The van der Waals surface area contributed by atoms with Crippen LogP contribution in [0.4, 0.5) is 8.78 Å². The lowest BCUT2D eigenvalue weighted by molar-refractivity contribution is 0.0769. The summed E-state index contributed by atoms with van der Waals surface area (Å²) in [5.74, 6) is -0.791. The normalized spacial score (nSPS) is 11.6. The third-order valence-electron chi connectivity index (χ3n) is 5.79. The Morgan fingerprint density at radius 3 is 2.49 bits per heavy atom. The molecular formula is C27H24ClF2N3O4. The average Bonchev–Trinajstić information content (AvgIpc) is 2.80. The molecular weight excluding hydrogens is 504 g/mol. The summed E-state index contributed by atoms with van der Waals surface area (Å²) in [5, 5.41) is 10.6. The highest BCUT2D eigenvalue weighted by molar-refractivity contribution is 6.31. The van der Waals surface area contributed by atoms with Gasteiger partial charge in [0.05, 0.1) is 21.9 Å². The number of hydrogen-bond acceptors (Lipinski definition) is 5. The molecule has 0 fully saturated rings. The molecule has 0 aliphatic rings. The second-order valence-corrected chi connectivity index (χ2v) is 9.54. The number of pyridine rings is 3. The molecule has 0 unspecified atom stereocenters. The lowest BCUT2D eigenvalue weighted by Gasteiger charge is -2.20. The van der Waals surface area contributed by atoms with Crippen LogP contribution in [0.5, 0.6) is 5.75 Å². The minimum atomic E-state index is -1.48. The van der Waals surface area contributed by atoms with Gasteiger partial charge >= 0.3 is 0 Å². The number of ether oxygens (including phenoxy) is 1. The van der Waals surface area contributed by atoms with Crippen molar-refractivity contribution in [3.8, 4) is 17.3 Å². The average molecular weight is 528 g/mol. The first-order valence-corrected chi connectivity index (χ1v) is 11.7. The lowest BCUT2D eigenvalue weighted by Crippen LogP contribution is -2.32. The fourth-order valence-corrected chi connectivity index (χ4v) is 4.37. The van der Waals surface area contributed by atoms with E-state index in [1.54, 1.807) is 26.0 Å². The minimum Gasteiger partial charge on any atom is -0.489 e. The van der Waals surface area contributed by atoms with Crippen LogP contribution < -0.4 is 15.9 Å². The van der Waals surface area contributed by atoms with Crippen LogP contribution in [0.3, 0.4) is 0 Å². The first-order valence-electron chi connectivity index (χ1n) is 11.3. The van der Waals surface area contributed by atoms with Gasteiger partial charge in [-0.25, -0.2) is 13.8 Å². The molecule has 1 N–H and O–H groups in total. The van der Waals surface area contributed by atoms with Crippen molar-refractivity contribution in [1.29, 1.82) is 0 Å². The number of aromatic nitrogens is 3. The highest BCUT2D eigenvalue weighted by Gasteiger charge is 2.25. The molecule has 4 aromatic rings. The van der Waals surface area contributed by atoms with Gasteiger partial charge in [0, 0.05) is 41.9 Å². The number of aryl methyl sites for hydroxylation is 2. The molecule has 0 aliphatic heterocycles. The minimum absolute atomic E-state index is 0.0187. The van der Waals surface area contributed by atoms with Gasteiger partial charge in [-0.15, -0.1) is 0 Å². The topological polar surface area (TPSA) is 86.3 Å². The summed E-state index contributed by atoms with van der Waals surface area (Å²) in [6, 6.07) is 8.96. The maximum Gasteiger partial charge on any atom is 0.263 e. The van der Waals surface area contributed by atoms with E-state index in [4.69, 9.17) is 16.3 Å². The lowest BCUT2D eigenvalue weighted by atomic mass is 10.00. The summed E-state index contributed by atoms with van der Waals surface area (Å²) in [4.78, 5) is 30.6. The number of benzene rings is 1. The summed E-state index contributed by atoms with van der Waals surface area (Å²) in [5.41, 5.74) is -0.780. The number of hydrogen-bond donors (Lipinski definition) is 1. The summed E-state index contributed by atoms with van der Waals surface area (Å²) < 4.78 is 35.6. The van der Waals surface area contributed by atoms with E-state index in [0.717, 1.165) is 18.2 Å². The maximum atomic E-state index is 13.9. The van der Waals surface area contributed by atoms with Crippen molar-refractivity contribution in [1.82, 2.24) is 14.1 Å². The Balaban J connectivity index is 1.73. The molecule has 4 rings (SSSR count). The summed E-state index contributed by atoms with van der Waals surface area (Å²) in [7, 11) is 0. The highest BCUT2D eigenvalue weighted by Crippen LogP contribution is 2.25. The second kappa shape index (κ2) is 9.91. The van der Waals surface area contributed by atoms with Crippen LogP contribution in [0.15, 0.2) is 64.4 Å². The van der Waals surface area contributed by atoms with Gasteiger partial charge in [0.2, 0.25) is 0 Å². The van der Waals surface area contributed by atoms with Crippen molar-refractivity contribution in [3.63, 3.8) is 0 Å². The molecule has 0 atom stereocenters. The molecule has 3 aromatic heterocycles. The molecule has 7 nitrogen and oxygen atoms in total. The van der Waals surface area contributed by atoms with Crippen molar-refractivity contribution in [2.45, 2.75) is 39.9 Å². The second-order valence-electron chi connectivity index (χ2n) is 9.13. The third kappa shape index (κ3) is 5.33. The van der Waals surface area contributed by atoms with Crippen LogP contribution >= 0.6 is 11.6 Å². The van der Waals surface area contributed by atoms with Crippen LogP contribution in [0.2, 0.25) is 5.02 Å². The van der Waals surface area contributed by atoms with Crippen LogP contribution in [0, 0.1) is 25.5 Å². The van der Waals surface area contributed by atoms with Gasteiger partial charge in [0.15, 0.2) is 0 Å². The van der Waals surface area contributed by atoms with Crippen molar-refractivity contribution in [3.05, 3.63) is 115 Å². The fraction of sp³-hybridized carbons (Fsp3) is 0.222. The van der Waals surface area contributed by atoms with E-state index in [1.807, 2.05) is 0 Å². The standard InChI is InChI=1S/C27H24ClF2N3O4/c1-15-13-31-23(32-8-7-20(28)25(26(32)35)27(3,4)36)12-22(15)33-16(2)9-19(11-24(33)34)37-14-17-10-18(29)5-6-21(17)30/h5-13,36H,14H2,1-4H3. The van der Waals surface area contributed by atoms with Gasteiger partial charge in [-0.1, -0.05) is 11.6 Å². The molecule has 0 saturated carbocycles. The predicted octanol–water partition coefficient (Wildman–Crippen LogP) is 4.74. The molecule has 0 spiro atoms. The Bertz CT molecular complexity index is 1620. The van der Waals surface area contributed by atoms with Crippen LogP contribution in [-0.2, 0) is 12.2 Å². The number of halogens is 3. The smallest absolute Gasteiger partial charge is 0.263 e. The van der Waals surface area contributed by atoms with E-state index in [2.05, 4.69) is 4.98 Å². The molecule has 10 heteroatoms. The Hall–Kier alpha value is -3.82. The molecule has 37 heavy (non-hydrogen) atoms. The van der Waals surface area contributed by atoms with E-state index in [-0.39, 0.29) is 34.3 Å². The Morgan fingerprint density at radius 2 is 1.81 bits per heavy atom. The fourth-order valence-electron chi connectivity index (χ4n) is 4.00. The number of nitrogens with zero attached hydrogens (tertiary/aromatic N) is 3. The van der Waals surface area contributed by atoms with Gasteiger partial charge < -0.3 is 9.84 Å². The molecule has 0 amide bonds. The first kappa shape index (κ1) is 26.2. The van der Waals surface area contributed by atoms with Gasteiger partial charge in [0.1, 0.15) is 29.8 Å². The zero-order valence-electron chi connectivity index (χ0n) is 20.6. The highest BCUT2D eigenvalue weighted by atomic mass is 35.5. The third-order valence-corrected chi connectivity index (χ3v) is 6.11. The summed E-state index contributed by atoms with van der Waals surface area (Å²) in [6.45, 7) is 6.12. The van der Waals surface area contributed by atoms with Crippen molar-refractivity contribution < 1.29 is 18.6 Å². The SMILES string of the molecule is Cc1cnc(-n2ccc(Cl)c(C(C)(C)O)c2=O)cc1-n1c(C)cc(OCc2cc(F)ccc2F)cc1=O. The Kier molecular flexibility index (Phi) is 7.03. The van der Waals surface area contributed by atoms with Gasteiger partial charge in [-0.2, -0.15) is 0 Å². The van der Waals surface area contributed by atoms with E-state index in [0.29, 0.717) is 16.9 Å². The van der Waals surface area contributed by atoms with Crippen LogP contribution in [-0.4, -0.2) is 19.2 Å². The number of aliphatic hydroxyl groups is 1. The Labute approximate surface area is 216 Å². The molecule has 0 radical (unpaired) electrons. The van der Waals surface area contributed by atoms with E-state index >= 15 is 0 Å². The van der Waals surface area contributed by atoms with Crippen LogP contribution in [0.1, 0.15) is 36.2 Å². The van der Waals surface area contributed by atoms with E-state index < -0.39 is 28.4 Å². The first-order chi connectivity index (χ1) is 17.4. The van der Waals surface area contributed by atoms with Gasteiger partial charge in [0.25, 0.3) is 11.1 Å². The van der Waals surface area contributed by atoms with Crippen LogP contribution in [0.25, 0.3) is 11.5 Å². The zero-order valence-corrected chi connectivity index (χ0v) is 21.3. The largest absolute Gasteiger partial charge is 0.489 e. The van der Waals surface area contributed by atoms with E-state index in [1.165, 1.54) is 47.5 Å². The van der Waals surface area contributed by atoms with Gasteiger partial charge in [-0.05, 0) is 57.5 Å². The summed E-state index contributed by atoms with van der Waals surface area (Å²) in [6.07, 6.45) is 2.97. The molecule has 0 bridgehead atoms. The van der Waals surface area contributed by atoms with Gasteiger partial charge in [-0.3, -0.25) is 18.7 Å². The quantitative estimate of drug-likeness (QED) is 0.391. The van der Waals surface area contributed by atoms with Crippen molar-refractivity contribution in [2.75, 3.05) is 0 Å². The molecule has 192 valence electrons.